The molecule has 3 heteroatoms. The fourth-order valence-corrected chi connectivity index (χ4v) is 2.77. The standard InChI is InChI=1S/C13H17F2N/c1-3-9-10(7-13(9)16-2)11-6-8(14)4-5-12(11)15/h4-6,9-10,13,16H,3,7H2,1-2H3. The summed E-state index contributed by atoms with van der Waals surface area (Å²) in [5.41, 5.74) is 0.540. The van der Waals surface area contributed by atoms with Gasteiger partial charge in [0, 0.05) is 6.04 Å². The van der Waals surface area contributed by atoms with Crippen molar-refractivity contribution >= 4 is 0 Å². The molecule has 3 atom stereocenters. The van der Waals surface area contributed by atoms with Crippen LogP contribution in [0.4, 0.5) is 8.78 Å². The molecule has 2 rings (SSSR count). The first-order valence-electron chi connectivity index (χ1n) is 5.79. The molecule has 0 aromatic heterocycles. The fraction of sp³-hybridized carbons (Fsp3) is 0.538. The Labute approximate surface area is 94.9 Å². The summed E-state index contributed by atoms with van der Waals surface area (Å²) in [4.78, 5) is 0. The Morgan fingerprint density at radius 3 is 2.75 bits per heavy atom. The van der Waals surface area contributed by atoms with Gasteiger partial charge in [-0.15, -0.1) is 0 Å². The minimum atomic E-state index is -0.348. The minimum Gasteiger partial charge on any atom is -0.317 e. The lowest BCUT2D eigenvalue weighted by Gasteiger charge is -2.45. The molecular weight excluding hydrogens is 208 g/mol. The van der Waals surface area contributed by atoms with E-state index in [1.165, 1.54) is 18.2 Å². The van der Waals surface area contributed by atoms with Crippen molar-refractivity contribution in [1.82, 2.24) is 5.32 Å². The first kappa shape index (κ1) is 11.5. The molecule has 0 heterocycles. The van der Waals surface area contributed by atoms with E-state index in [0.717, 1.165) is 12.8 Å². The van der Waals surface area contributed by atoms with E-state index in [2.05, 4.69) is 12.2 Å². The SMILES string of the molecule is CCC1C(NC)CC1c1cc(F)ccc1F. The Kier molecular flexibility index (Phi) is 3.24. The maximum atomic E-state index is 13.6. The second-order valence-corrected chi connectivity index (χ2v) is 4.48. The number of halogens is 2. The van der Waals surface area contributed by atoms with Gasteiger partial charge in [-0.2, -0.15) is 0 Å². The number of nitrogens with one attached hydrogen (secondary N) is 1. The van der Waals surface area contributed by atoms with Crippen LogP contribution in [0.15, 0.2) is 18.2 Å². The molecule has 88 valence electrons. The lowest BCUT2D eigenvalue weighted by Crippen LogP contribution is -2.47. The Balaban J connectivity index is 2.22. The van der Waals surface area contributed by atoms with E-state index in [-0.39, 0.29) is 17.6 Å². The third-order valence-corrected chi connectivity index (χ3v) is 3.74. The largest absolute Gasteiger partial charge is 0.317 e. The van der Waals surface area contributed by atoms with Crippen LogP contribution in [-0.4, -0.2) is 13.1 Å². The van der Waals surface area contributed by atoms with Crippen molar-refractivity contribution in [3.63, 3.8) is 0 Å². The first-order chi connectivity index (χ1) is 7.67. The quantitative estimate of drug-likeness (QED) is 0.833. The summed E-state index contributed by atoms with van der Waals surface area (Å²) in [6, 6.07) is 4.18. The van der Waals surface area contributed by atoms with Gasteiger partial charge in [-0.05, 0) is 49.1 Å². The average molecular weight is 225 g/mol. The zero-order chi connectivity index (χ0) is 11.7. The summed E-state index contributed by atoms with van der Waals surface area (Å²) in [7, 11) is 1.92. The lowest BCUT2D eigenvalue weighted by molar-refractivity contribution is 0.165. The van der Waals surface area contributed by atoms with E-state index in [1.807, 2.05) is 7.05 Å². The molecule has 0 saturated heterocycles. The monoisotopic (exact) mass is 225 g/mol. The van der Waals surface area contributed by atoms with Crippen LogP contribution in [0.25, 0.3) is 0 Å². The van der Waals surface area contributed by atoms with Crippen LogP contribution in [-0.2, 0) is 0 Å². The summed E-state index contributed by atoms with van der Waals surface area (Å²) >= 11 is 0. The zero-order valence-electron chi connectivity index (χ0n) is 9.63. The highest BCUT2D eigenvalue weighted by molar-refractivity contribution is 5.27. The maximum Gasteiger partial charge on any atom is 0.126 e. The summed E-state index contributed by atoms with van der Waals surface area (Å²) in [5, 5.41) is 3.22. The predicted molar refractivity (Wildman–Crippen MR) is 60.3 cm³/mol. The maximum absolute atomic E-state index is 13.6. The van der Waals surface area contributed by atoms with Crippen molar-refractivity contribution in [2.75, 3.05) is 7.05 Å². The zero-order valence-corrected chi connectivity index (χ0v) is 9.63. The van der Waals surface area contributed by atoms with E-state index in [1.54, 1.807) is 0 Å². The Bertz CT molecular complexity index is 378. The molecule has 1 aliphatic carbocycles. The van der Waals surface area contributed by atoms with Crippen LogP contribution in [0.2, 0.25) is 0 Å². The van der Waals surface area contributed by atoms with E-state index >= 15 is 0 Å². The van der Waals surface area contributed by atoms with Crippen molar-refractivity contribution in [3.8, 4) is 0 Å². The second kappa shape index (κ2) is 4.50. The number of hydrogen-bond donors (Lipinski definition) is 1. The Morgan fingerprint density at radius 2 is 2.12 bits per heavy atom. The lowest BCUT2D eigenvalue weighted by atomic mass is 9.65. The van der Waals surface area contributed by atoms with Crippen molar-refractivity contribution in [1.29, 1.82) is 0 Å². The molecule has 1 saturated carbocycles. The van der Waals surface area contributed by atoms with Gasteiger partial charge in [-0.3, -0.25) is 0 Å². The van der Waals surface area contributed by atoms with Gasteiger partial charge < -0.3 is 5.32 Å². The summed E-state index contributed by atoms with van der Waals surface area (Å²) in [5.74, 6) is -0.0435. The van der Waals surface area contributed by atoms with E-state index in [9.17, 15) is 8.78 Å². The highest BCUT2D eigenvalue weighted by Crippen LogP contribution is 2.45. The molecule has 0 spiro atoms. The van der Waals surface area contributed by atoms with Gasteiger partial charge in [-0.25, -0.2) is 8.78 Å². The Morgan fingerprint density at radius 1 is 1.38 bits per heavy atom. The van der Waals surface area contributed by atoms with E-state index in [4.69, 9.17) is 0 Å². The van der Waals surface area contributed by atoms with Crippen LogP contribution in [0, 0.1) is 17.6 Å². The van der Waals surface area contributed by atoms with Gasteiger partial charge in [0.05, 0.1) is 0 Å². The summed E-state index contributed by atoms with van der Waals surface area (Å²) < 4.78 is 26.7. The molecule has 1 nitrogen and oxygen atoms in total. The molecule has 1 aliphatic rings. The number of rotatable bonds is 3. The van der Waals surface area contributed by atoms with Gasteiger partial charge in [0.15, 0.2) is 0 Å². The van der Waals surface area contributed by atoms with Gasteiger partial charge >= 0.3 is 0 Å². The van der Waals surface area contributed by atoms with Crippen molar-refractivity contribution < 1.29 is 8.78 Å². The van der Waals surface area contributed by atoms with Crippen molar-refractivity contribution in [3.05, 3.63) is 35.4 Å². The van der Waals surface area contributed by atoms with Crippen LogP contribution in [0.3, 0.4) is 0 Å². The first-order valence-corrected chi connectivity index (χ1v) is 5.79. The predicted octanol–water partition coefficient (Wildman–Crippen LogP) is 3.07. The van der Waals surface area contributed by atoms with Crippen molar-refractivity contribution in [2.45, 2.75) is 31.7 Å². The third-order valence-electron chi connectivity index (χ3n) is 3.74. The highest BCUT2D eigenvalue weighted by Gasteiger charge is 2.40. The van der Waals surface area contributed by atoms with Gasteiger partial charge in [-0.1, -0.05) is 13.3 Å². The molecule has 1 fully saturated rings. The molecule has 0 amide bonds. The van der Waals surface area contributed by atoms with Crippen LogP contribution in [0.5, 0.6) is 0 Å². The van der Waals surface area contributed by atoms with Crippen LogP contribution < -0.4 is 5.32 Å². The molecule has 0 radical (unpaired) electrons. The molecule has 1 aromatic carbocycles. The van der Waals surface area contributed by atoms with Gasteiger partial charge in [0.25, 0.3) is 0 Å². The van der Waals surface area contributed by atoms with E-state index < -0.39 is 0 Å². The topological polar surface area (TPSA) is 12.0 Å². The molecule has 1 N–H and O–H groups in total. The molecule has 16 heavy (non-hydrogen) atoms. The highest BCUT2D eigenvalue weighted by atomic mass is 19.1. The molecular formula is C13H17F2N. The minimum absolute atomic E-state index is 0.165. The van der Waals surface area contributed by atoms with Gasteiger partial charge in [0.1, 0.15) is 11.6 Å². The molecule has 0 bridgehead atoms. The van der Waals surface area contributed by atoms with Crippen LogP contribution >= 0.6 is 0 Å². The molecule has 0 aliphatic heterocycles. The van der Waals surface area contributed by atoms with Crippen molar-refractivity contribution in [2.24, 2.45) is 5.92 Å². The third kappa shape index (κ3) is 1.84. The van der Waals surface area contributed by atoms with E-state index in [0.29, 0.717) is 17.5 Å². The summed E-state index contributed by atoms with van der Waals surface area (Å²) in [6.07, 6.45) is 1.89. The number of hydrogen-bond acceptors (Lipinski definition) is 1. The summed E-state index contributed by atoms with van der Waals surface area (Å²) in [6.45, 7) is 2.10. The molecule has 3 unspecified atom stereocenters. The Hall–Kier alpha value is -0.960. The normalized spacial score (nSPS) is 28.9. The smallest absolute Gasteiger partial charge is 0.126 e. The van der Waals surface area contributed by atoms with Gasteiger partial charge in [0.2, 0.25) is 0 Å². The average Bonchev–Trinajstić information content (AvgIpc) is 2.23. The fourth-order valence-electron chi connectivity index (χ4n) is 2.77. The van der Waals surface area contributed by atoms with Crippen LogP contribution in [0.1, 0.15) is 31.2 Å². The second-order valence-electron chi connectivity index (χ2n) is 4.48. The number of benzene rings is 1. The molecule has 1 aromatic rings.